The van der Waals surface area contributed by atoms with Gasteiger partial charge >= 0.3 is 5.97 Å². The van der Waals surface area contributed by atoms with Gasteiger partial charge in [0.2, 0.25) is 0 Å². The van der Waals surface area contributed by atoms with Crippen LogP contribution in [0.4, 0.5) is 5.69 Å². The van der Waals surface area contributed by atoms with Crippen LogP contribution in [0.5, 0.6) is 0 Å². The summed E-state index contributed by atoms with van der Waals surface area (Å²) in [5, 5.41) is 8.98. The molecule has 0 amide bonds. The molecule has 98 valence electrons. The molecule has 0 spiro atoms. The molecule has 0 atom stereocenters. The van der Waals surface area contributed by atoms with Crippen molar-refractivity contribution in [2.75, 3.05) is 11.9 Å². The molecule has 1 N–H and O–H groups in total. The summed E-state index contributed by atoms with van der Waals surface area (Å²) < 4.78 is 0.582. The smallest absolute Gasteiger partial charge is 0.336 e. The summed E-state index contributed by atoms with van der Waals surface area (Å²) >= 11 is 3.28. The van der Waals surface area contributed by atoms with Crippen LogP contribution in [-0.4, -0.2) is 23.1 Å². The van der Waals surface area contributed by atoms with E-state index in [0.717, 1.165) is 17.8 Å². The number of carboxylic acid groups (broad SMARTS) is 1. The Hall–Kier alpha value is -1.88. The zero-order valence-electron chi connectivity index (χ0n) is 10.4. The number of aromatic carboxylic acids is 1. The van der Waals surface area contributed by atoms with E-state index < -0.39 is 5.97 Å². The second-order valence-corrected chi connectivity index (χ2v) is 5.04. The van der Waals surface area contributed by atoms with Crippen LogP contribution < -0.4 is 4.90 Å². The Bertz CT molecular complexity index is 587. The summed E-state index contributed by atoms with van der Waals surface area (Å²) in [6, 6.07) is 9.12. The average molecular weight is 321 g/mol. The summed E-state index contributed by atoms with van der Waals surface area (Å²) in [6.07, 6.45) is 3.51. The molecule has 0 aliphatic rings. The van der Waals surface area contributed by atoms with E-state index >= 15 is 0 Å². The molecule has 2 rings (SSSR count). The van der Waals surface area contributed by atoms with E-state index in [2.05, 4.69) is 20.9 Å². The largest absolute Gasteiger partial charge is 0.478 e. The Morgan fingerprint density at radius 1 is 1.32 bits per heavy atom. The topological polar surface area (TPSA) is 53.4 Å². The molecule has 0 aliphatic heterocycles. The Morgan fingerprint density at radius 3 is 2.58 bits per heavy atom. The minimum Gasteiger partial charge on any atom is -0.478 e. The van der Waals surface area contributed by atoms with E-state index in [1.165, 1.54) is 0 Å². The van der Waals surface area contributed by atoms with E-state index in [4.69, 9.17) is 5.11 Å². The molecular weight excluding hydrogens is 308 g/mol. The van der Waals surface area contributed by atoms with Gasteiger partial charge in [0.05, 0.1) is 5.56 Å². The number of rotatable bonds is 4. The SMILES string of the molecule is CN(Cc1ccncc1)c1ccc(C(=O)O)c(Br)c1. The van der Waals surface area contributed by atoms with Gasteiger partial charge in [0, 0.05) is 36.1 Å². The van der Waals surface area contributed by atoms with Crippen molar-refractivity contribution < 1.29 is 9.90 Å². The van der Waals surface area contributed by atoms with Gasteiger partial charge in [0.1, 0.15) is 0 Å². The number of pyridine rings is 1. The molecule has 0 saturated heterocycles. The molecule has 0 bridgehead atoms. The Labute approximate surface area is 119 Å². The first-order valence-electron chi connectivity index (χ1n) is 5.71. The van der Waals surface area contributed by atoms with Gasteiger partial charge in [-0.2, -0.15) is 0 Å². The summed E-state index contributed by atoms with van der Waals surface area (Å²) in [6.45, 7) is 0.737. The van der Waals surface area contributed by atoms with Crippen LogP contribution in [0.3, 0.4) is 0 Å². The lowest BCUT2D eigenvalue weighted by atomic mass is 10.2. The normalized spacial score (nSPS) is 10.2. The Kier molecular flexibility index (Phi) is 4.16. The number of aromatic nitrogens is 1. The second-order valence-electron chi connectivity index (χ2n) is 4.18. The molecule has 0 saturated carbocycles. The highest BCUT2D eigenvalue weighted by molar-refractivity contribution is 9.10. The zero-order chi connectivity index (χ0) is 13.8. The van der Waals surface area contributed by atoms with Crippen molar-refractivity contribution in [1.29, 1.82) is 0 Å². The fourth-order valence-electron chi connectivity index (χ4n) is 1.77. The fraction of sp³-hybridized carbons (Fsp3) is 0.143. The Morgan fingerprint density at radius 2 is 2.00 bits per heavy atom. The monoisotopic (exact) mass is 320 g/mol. The van der Waals surface area contributed by atoms with Crippen molar-refractivity contribution >= 4 is 27.6 Å². The summed E-state index contributed by atoms with van der Waals surface area (Å²) in [4.78, 5) is 17.0. The summed E-state index contributed by atoms with van der Waals surface area (Å²) in [5.74, 6) is -0.935. The molecule has 2 aromatic rings. The van der Waals surface area contributed by atoms with Crippen LogP contribution in [0.2, 0.25) is 0 Å². The van der Waals surface area contributed by atoms with Crippen molar-refractivity contribution in [3.05, 3.63) is 58.3 Å². The number of hydrogen-bond donors (Lipinski definition) is 1. The predicted molar refractivity (Wildman–Crippen MR) is 77.4 cm³/mol. The van der Waals surface area contributed by atoms with Gasteiger partial charge in [-0.05, 0) is 51.8 Å². The fourth-order valence-corrected chi connectivity index (χ4v) is 2.30. The third kappa shape index (κ3) is 3.32. The highest BCUT2D eigenvalue weighted by atomic mass is 79.9. The number of benzene rings is 1. The van der Waals surface area contributed by atoms with Crippen LogP contribution in [0, 0.1) is 0 Å². The first-order chi connectivity index (χ1) is 9.08. The highest BCUT2D eigenvalue weighted by Crippen LogP contribution is 2.24. The maximum absolute atomic E-state index is 10.9. The first kappa shape index (κ1) is 13.5. The molecule has 0 aliphatic carbocycles. The van der Waals surface area contributed by atoms with Crippen molar-refractivity contribution in [1.82, 2.24) is 4.98 Å². The molecule has 0 radical (unpaired) electrons. The molecule has 0 unspecified atom stereocenters. The lowest BCUT2D eigenvalue weighted by Crippen LogP contribution is -2.16. The molecule has 1 aromatic heterocycles. The van der Waals surface area contributed by atoms with Gasteiger partial charge in [-0.25, -0.2) is 4.79 Å². The molecule has 1 aromatic carbocycles. The number of carbonyl (C=O) groups is 1. The molecule has 5 heteroatoms. The van der Waals surface area contributed by atoms with Crippen LogP contribution in [-0.2, 0) is 6.54 Å². The standard InChI is InChI=1S/C14H13BrN2O2/c1-17(9-10-4-6-16-7-5-10)11-2-3-12(14(18)19)13(15)8-11/h2-8H,9H2,1H3,(H,18,19). The van der Waals surface area contributed by atoms with Crippen LogP contribution >= 0.6 is 15.9 Å². The first-order valence-corrected chi connectivity index (χ1v) is 6.50. The maximum atomic E-state index is 10.9. The van der Waals surface area contributed by atoms with Gasteiger partial charge in [0.15, 0.2) is 0 Å². The second kappa shape index (κ2) is 5.84. The van der Waals surface area contributed by atoms with E-state index in [-0.39, 0.29) is 5.56 Å². The van der Waals surface area contributed by atoms with Crippen LogP contribution in [0.15, 0.2) is 47.2 Å². The molecule has 1 heterocycles. The molecular formula is C14H13BrN2O2. The highest BCUT2D eigenvalue weighted by Gasteiger charge is 2.10. The van der Waals surface area contributed by atoms with Crippen LogP contribution in [0.1, 0.15) is 15.9 Å². The quantitative estimate of drug-likeness (QED) is 0.940. The molecule has 4 nitrogen and oxygen atoms in total. The van der Waals surface area contributed by atoms with Gasteiger partial charge in [0.25, 0.3) is 0 Å². The minimum atomic E-state index is -0.935. The van der Waals surface area contributed by atoms with Crippen molar-refractivity contribution in [3.63, 3.8) is 0 Å². The van der Waals surface area contributed by atoms with E-state index in [9.17, 15) is 4.79 Å². The Balaban J connectivity index is 2.18. The van der Waals surface area contributed by atoms with E-state index in [1.807, 2.05) is 30.1 Å². The predicted octanol–water partition coefficient (Wildman–Crippen LogP) is 3.18. The van der Waals surface area contributed by atoms with Crippen molar-refractivity contribution in [3.8, 4) is 0 Å². The van der Waals surface area contributed by atoms with Gasteiger partial charge in [-0.3, -0.25) is 4.98 Å². The number of nitrogens with zero attached hydrogens (tertiary/aromatic N) is 2. The number of anilines is 1. The lowest BCUT2D eigenvalue weighted by Gasteiger charge is -2.20. The number of carboxylic acids is 1. The minimum absolute atomic E-state index is 0.265. The third-order valence-corrected chi connectivity index (χ3v) is 3.45. The third-order valence-electron chi connectivity index (χ3n) is 2.79. The summed E-state index contributed by atoms with van der Waals surface area (Å²) in [7, 11) is 1.96. The van der Waals surface area contributed by atoms with E-state index in [1.54, 1.807) is 24.5 Å². The van der Waals surface area contributed by atoms with E-state index in [0.29, 0.717) is 4.47 Å². The van der Waals surface area contributed by atoms with Crippen molar-refractivity contribution in [2.45, 2.75) is 6.54 Å². The summed E-state index contributed by atoms with van der Waals surface area (Å²) in [5.41, 5.74) is 2.37. The van der Waals surface area contributed by atoms with Gasteiger partial charge < -0.3 is 10.0 Å². The van der Waals surface area contributed by atoms with Crippen molar-refractivity contribution in [2.24, 2.45) is 0 Å². The average Bonchev–Trinajstić information content (AvgIpc) is 2.39. The van der Waals surface area contributed by atoms with Gasteiger partial charge in [-0.1, -0.05) is 0 Å². The molecule has 0 fully saturated rings. The lowest BCUT2D eigenvalue weighted by molar-refractivity contribution is 0.0696. The zero-order valence-corrected chi connectivity index (χ0v) is 12.0. The number of halogens is 1. The van der Waals surface area contributed by atoms with Gasteiger partial charge in [-0.15, -0.1) is 0 Å². The maximum Gasteiger partial charge on any atom is 0.336 e. The number of hydrogen-bond acceptors (Lipinski definition) is 3. The molecule has 19 heavy (non-hydrogen) atoms. The van der Waals surface area contributed by atoms with Crippen LogP contribution in [0.25, 0.3) is 0 Å².